The Morgan fingerprint density at radius 3 is 2.61 bits per heavy atom. The van der Waals surface area contributed by atoms with Gasteiger partial charge in [-0.05, 0) is 55.7 Å². The number of alkyl carbamates (subject to hydrolysis) is 2. The Bertz CT molecular complexity index is 1620. The highest BCUT2D eigenvalue weighted by Gasteiger charge is 2.44. The molecule has 0 aliphatic carbocycles. The van der Waals surface area contributed by atoms with Crippen LogP contribution in [0.4, 0.5) is 9.59 Å². The summed E-state index contributed by atoms with van der Waals surface area (Å²) in [4.78, 5) is 25.0. The number of benzene rings is 2. The summed E-state index contributed by atoms with van der Waals surface area (Å²) < 4.78 is 62.6. The number of hydrogen-bond donors (Lipinski definition) is 3. The molecule has 3 aliphatic rings. The highest BCUT2D eigenvalue weighted by molar-refractivity contribution is 7.89. The SMILES string of the molecule is C=C(C)OC(=O)NCCCCC(C)(C)CN(C[C@@H](O)[C@H](Cc1ccccc1)NC(=O)O[C@H]1CO[C@H]2OCC[C@H]21)S(=O)(=O)c1ccc2c(c1)OCO2. The lowest BCUT2D eigenvalue weighted by Gasteiger charge is -2.35. The molecule has 0 saturated carbocycles. The second kappa shape index (κ2) is 17.1. The second-order valence-electron chi connectivity index (χ2n) is 13.9. The number of fused-ring (bicyclic) bond motifs is 2. The van der Waals surface area contributed by atoms with E-state index in [0.717, 1.165) is 5.56 Å². The summed E-state index contributed by atoms with van der Waals surface area (Å²) in [7, 11) is -4.19. The largest absolute Gasteiger partial charge is 0.454 e. The molecule has 5 atom stereocenters. The van der Waals surface area contributed by atoms with E-state index in [2.05, 4.69) is 17.2 Å². The van der Waals surface area contributed by atoms with Gasteiger partial charge in [-0.3, -0.25) is 0 Å². The molecular formula is C36H49N3O11S. The molecule has 2 aromatic carbocycles. The van der Waals surface area contributed by atoms with Crippen molar-refractivity contribution in [2.24, 2.45) is 11.3 Å². The summed E-state index contributed by atoms with van der Waals surface area (Å²) in [6.07, 6.45) is -0.683. The van der Waals surface area contributed by atoms with E-state index in [1.807, 2.05) is 44.2 Å². The van der Waals surface area contributed by atoms with Gasteiger partial charge in [0.15, 0.2) is 17.8 Å². The molecule has 2 amide bonds. The van der Waals surface area contributed by atoms with Gasteiger partial charge in [-0.25, -0.2) is 18.0 Å². The van der Waals surface area contributed by atoms with Crippen LogP contribution in [0.15, 0.2) is 65.8 Å². The summed E-state index contributed by atoms with van der Waals surface area (Å²) in [5.41, 5.74) is 0.284. The molecule has 2 fully saturated rings. The molecule has 3 aliphatic heterocycles. The summed E-state index contributed by atoms with van der Waals surface area (Å²) in [6.45, 7) is 9.86. The van der Waals surface area contributed by atoms with Gasteiger partial charge in [0.25, 0.3) is 0 Å². The fraction of sp³-hybridized carbons (Fsp3) is 0.556. The van der Waals surface area contributed by atoms with Crippen LogP contribution < -0.4 is 20.1 Å². The van der Waals surface area contributed by atoms with Crippen LogP contribution in [0.2, 0.25) is 0 Å². The van der Waals surface area contributed by atoms with Crippen LogP contribution in [0.25, 0.3) is 0 Å². The van der Waals surface area contributed by atoms with Crippen LogP contribution in [-0.2, 0) is 35.4 Å². The van der Waals surface area contributed by atoms with Crippen LogP contribution >= 0.6 is 0 Å². The molecule has 0 bridgehead atoms. The van der Waals surface area contributed by atoms with Crippen LogP contribution in [0, 0.1) is 11.3 Å². The lowest BCUT2D eigenvalue weighted by atomic mass is 9.87. The van der Waals surface area contributed by atoms with Crippen LogP contribution in [0.1, 0.15) is 52.0 Å². The number of nitrogens with one attached hydrogen (secondary N) is 2. The minimum atomic E-state index is -4.19. The van der Waals surface area contributed by atoms with Gasteiger partial charge in [0.1, 0.15) is 6.10 Å². The third-order valence-corrected chi connectivity index (χ3v) is 10.9. The van der Waals surface area contributed by atoms with E-state index >= 15 is 0 Å². The Balaban J connectivity index is 1.32. The first-order valence-corrected chi connectivity index (χ1v) is 18.7. The van der Waals surface area contributed by atoms with Gasteiger partial charge in [-0.1, -0.05) is 57.2 Å². The smallest absolute Gasteiger partial charge is 0.412 e. The number of sulfonamides is 1. The zero-order chi connectivity index (χ0) is 36.6. The molecule has 5 rings (SSSR count). The van der Waals surface area contributed by atoms with Gasteiger partial charge in [-0.2, -0.15) is 4.31 Å². The molecule has 2 saturated heterocycles. The molecule has 14 nitrogen and oxygen atoms in total. The zero-order valence-electron chi connectivity index (χ0n) is 29.4. The summed E-state index contributed by atoms with van der Waals surface area (Å²) in [5, 5.41) is 17.3. The number of carbonyl (C=O) groups excluding carboxylic acids is 2. The van der Waals surface area contributed by atoms with Gasteiger partial charge in [-0.15, -0.1) is 0 Å². The maximum Gasteiger partial charge on any atom is 0.412 e. The number of carbonyl (C=O) groups is 2. The van der Waals surface area contributed by atoms with Crippen molar-refractivity contribution in [3.8, 4) is 11.5 Å². The number of ether oxygens (including phenoxy) is 6. The molecule has 280 valence electrons. The quantitative estimate of drug-likeness (QED) is 0.156. The normalized spacial score (nSPS) is 20.8. The van der Waals surface area contributed by atoms with Crippen molar-refractivity contribution >= 4 is 22.2 Å². The number of unbranched alkanes of at least 4 members (excludes halogenated alkanes) is 1. The zero-order valence-corrected chi connectivity index (χ0v) is 30.2. The molecule has 15 heteroatoms. The van der Waals surface area contributed by atoms with Gasteiger partial charge in [0, 0.05) is 25.7 Å². The lowest BCUT2D eigenvalue weighted by Crippen LogP contribution is -2.52. The minimum absolute atomic E-state index is 0.0155. The lowest BCUT2D eigenvalue weighted by molar-refractivity contribution is -0.0907. The van der Waals surface area contributed by atoms with Crippen molar-refractivity contribution in [1.82, 2.24) is 14.9 Å². The number of amides is 2. The molecule has 0 unspecified atom stereocenters. The number of rotatable bonds is 17. The molecular weight excluding hydrogens is 682 g/mol. The van der Waals surface area contributed by atoms with Gasteiger partial charge >= 0.3 is 12.2 Å². The average molecular weight is 732 g/mol. The van der Waals surface area contributed by atoms with Crippen molar-refractivity contribution < 1.29 is 51.5 Å². The Morgan fingerprint density at radius 2 is 1.84 bits per heavy atom. The van der Waals surface area contributed by atoms with E-state index < -0.39 is 52.2 Å². The van der Waals surface area contributed by atoms with E-state index in [1.165, 1.54) is 16.4 Å². The highest BCUT2D eigenvalue weighted by atomic mass is 32.2. The van der Waals surface area contributed by atoms with E-state index in [1.54, 1.807) is 13.0 Å². The van der Waals surface area contributed by atoms with E-state index in [-0.39, 0.29) is 43.7 Å². The average Bonchev–Trinajstić information content (AvgIpc) is 3.83. The van der Waals surface area contributed by atoms with E-state index in [4.69, 9.17) is 28.4 Å². The van der Waals surface area contributed by atoms with Gasteiger partial charge < -0.3 is 44.2 Å². The molecule has 0 spiro atoms. The maximum atomic E-state index is 14.3. The van der Waals surface area contributed by atoms with Crippen molar-refractivity contribution in [1.29, 1.82) is 0 Å². The fourth-order valence-electron chi connectivity index (χ4n) is 6.46. The monoisotopic (exact) mass is 731 g/mol. The van der Waals surface area contributed by atoms with Crippen molar-refractivity contribution in [3.05, 3.63) is 66.4 Å². The van der Waals surface area contributed by atoms with Gasteiger partial charge in [0.2, 0.25) is 16.8 Å². The number of allylic oxidation sites excluding steroid dienone is 1. The Labute approximate surface area is 299 Å². The minimum Gasteiger partial charge on any atom is -0.454 e. The summed E-state index contributed by atoms with van der Waals surface area (Å²) in [5.74, 6) is 0.971. The van der Waals surface area contributed by atoms with Crippen molar-refractivity contribution in [2.45, 2.75) is 82.3 Å². The fourth-order valence-corrected chi connectivity index (χ4v) is 8.12. The molecule has 3 heterocycles. The number of aliphatic hydroxyl groups excluding tert-OH is 1. The summed E-state index contributed by atoms with van der Waals surface area (Å²) in [6, 6.07) is 12.8. The van der Waals surface area contributed by atoms with E-state index in [9.17, 15) is 23.1 Å². The molecule has 2 aromatic rings. The molecule has 0 radical (unpaired) electrons. The third kappa shape index (κ3) is 10.6. The first-order valence-electron chi connectivity index (χ1n) is 17.2. The first-order chi connectivity index (χ1) is 24.3. The molecule has 51 heavy (non-hydrogen) atoms. The number of hydrogen-bond acceptors (Lipinski definition) is 11. The standard InChI is InChI=1S/C36H49N3O11S/c1-24(2)49-34(41)37-16-9-8-15-36(3,4)22-39(51(43,44)26-12-13-30-31(19-26)48-23-47-30)20-29(40)28(18-25-10-6-5-7-11-25)38-35(42)50-32-21-46-33-27(32)14-17-45-33/h5-7,10-13,19,27-29,32-33,40H,1,8-9,14-18,20-23H2,2-4H3,(H,37,41)(H,38,42)/t27-,28-,29+,32-,33+/m0/s1. The number of nitrogens with zero attached hydrogens (tertiary/aromatic N) is 1. The second-order valence-corrected chi connectivity index (χ2v) is 15.9. The van der Waals surface area contributed by atoms with Crippen LogP contribution in [-0.4, -0.2) is 94.2 Å². The van der Waals surface area contributed by atoms with Crippen LogP contribution in [0.5, 0.6) is 11.5 Å². The third-order valence-electron chi connectivity index (χ3n) is 9.10. The predicted molar refractivity (Wildman–Crippen MR) is 185 cm³/mol. The Hall–Kier alpha value is -3.89. The van der Waals surface area contributed by atoms with Crippen molar-refractivity contribution in [3.63, 3.8) is 0 Å². The predicted octanol–water partition coefficient (Wildman–Crippen LogP) is 4.32. The topological polar surface area (TPSA) is 171 Å². The maximum absolute atomic E-state index is 14.3. The summed E-state index contributed by atoms with van der Waals surface area (Å²) >= 11 is 0. The first kappa shape index (κ1) is 38.3. The highest BCUT2D eigenvalue weighted by Crippen LogP contribution is 2.36. The molecule has 0 aromatic heterocycles. The molecule has 3 N–H and O–H groups in total. The van der Waals surface area contributed by atoms with Crippen LogP contribution in [0.3, 0.4) is 0 Å². The Kier molecular flexibility index (Phi) is 12.8. The Morgan fingerprint density at radius 1 is 1.08 bits per heavy atom. The van der Waals surface area contributed by atoms with E-state index in [0.29, 0.717) is 56.1 Å². The van der Waals surface area contributed by atoms with Crippen molar-refractivity contribution in [2.75, 3.05) is 39.6 Å². The van der Waals surface area contributed by atoms with Gasteiger partial charge in [0.05, 0.1) is 41.9 Å². The number of aliphatic hydroxyl groups is 1.